The summed E-state index contributed by atoms with van der Waals surface area (Å²) in [5.41, 5.74) is 2.74. The van der Waals surface area contributed by atoms with Gasteiger partial charge in [-0.05, 0) is 62.3 Å². The van der Waals surface area contributed by atoms with Crippen LogP contribution in [0.5, 0.6) is 0 Å². The first-order valence-corrected chi connectivity index (χ1v) is 12.9. The zero-order valence-electron chi connectivity index (χ0n) is 21.4. The molecule has 0 radical (unpaired) electrons. The first-order chi connectivity index (χ1) is 17.4. The third-order valence-electron chi connectivity index (χ3n) is 8.01. The molecule has 36 heavy (non-hydrogen) atoms. The van der Waals surface area contributed by atoms with Gasteiger partial charge in [0.2, 0.25) is 5.52 Å². The molecule has 3 heterocycles. The number of benzene rings is 1. The Morgan fingerprint density at radius 1 is 1.11 bits per heavy atom. The smallest absolute Gasteiger partial charge is 0.350 e. The molecule has 1 aliphatic carbocycles. The van der Waals surface area contributed by atoms with Gasteiger partial charge in [-0.1, -0.05) is 32.6 Å². The molecule has 3 aromatic rings. The first kappa shape index (κ1) is 24.4. The Labute approximate surface area is 211 Å². The van der Waals surface area contributed by atoms with Crippen molar-refractivity contribution >= 4 is 22.7 Å². The maximum Gasteiger partial charge on any atom is 0.350 e. The molecular weight excluding hydrogens is 455 g/mol. The molecule has 0 bridgehead atoms. The lowest BCUT2D eigenvalue weighted by molar-refractivity contribution is 0.0989. The Kier molecular flexibility index (Phi) is 6.52. The van der Waals surface area contributed by atoms with Crippen molar-refractivity contribution in [1.82, 2.24) is 19.4 Å². The highest BCUT2D eigenvalue weighted by atomic mass is 19.1. The van der Waals surface area contributed by atoms with E-state index in [-0.39, 0.29) is 35.5 Å². The Bertz CT molecular complexity index is 1390. The quantitative estimate of drug-likeness (QED) is 0.439. The van der Waals surface area contributed by atoms with Crippen LogP contribution in [0.1, 0.15) is 69.5 Å². The van der Waals surface area contributed by atoms with Gasteiger partial charge in [-0.15, -0.1) is 4.98 Å². The van der Waals surface area contributed by atoms with E-state index in [1.165, 1.54) is 4.57 Å². The molecule has 0 N–H and O–H groups in total. The monoisotopic (exact) mass is 488 g/mol. The lowest BCUT2D eigenvalue weighted by atomic mass is 9.95. The summed E-state index contributed by atoms with van der Waals surface area (Å²) in [6, 6.07) is 9.35. The molecule has 1 aromatic carbocycles. The second-order valence-corrected chi connectivity index (χ2v) is 10.1. The molecule has 2 aromatic heterocycles. The van der Waals surface area contributed by atoms with E-state index in [1.54, 1.807) is 25.2 Å². The maximum atomic E-state index is 15.2. The number of aromatic nitrogens is 3. The highest BCUT2D eigenvalue weighted by Gasteiger charge is 2.38. The molecule has 0 spiro atoms. The number of pyridine rings is 1. The normalized spacial score (nSPS) is 21.5. The molecule has 2 aliphatic rings. The Morgan fingerprint density at radius 2 is 1.86 bits per heavy atom. The van der Waals surface area contributed by atoms with Crippen LogP contribution in [0.15, 0.2) is 35.1 Å². The van der Waals surface area contributed by atoms with Gasteiger partial charge < -0.3 is 9.74 Å². The van der Waals surface area contributed by atoms with Crippen LogP contribution in [-0.2, 0) is 7.05 Å². The number of hydrogen-bond acceptors (Lipinski definition) is 5. The van der Waals surface area contributed by atoms with Crippen LogP contribution in [0.2, 0.25) is 0 Å². The summed E-state index contributed by atoms with van der Waals surface area (Å²) in [7, 11) is 1.68. The molecule has 1 unspecified atom stereocenters. The maximum absolute atomic E-state index is 15.2. The standard InChI is InChI=1S/C28H33FN6O/c1-6-20-16-35(27-26-24(33(5)28(36)32-27)12-13-25(30-4)31-26)21(7-2)15-34(20)17(3)22-11-10-19(14-23(22)29)18-8-9-18/h10-14,17-18,20-21H,6-9,15-16H2,1-3,5H3/t17?,20-,21+/m1/s1. The van der Waals surface area contributed by atoms with E-state index in [0.717, 1.165) is 43.4 Å². The Morgan fingerprint density at radius 3 is 2.50 bits per heavy atom. The highest BCUT2D eigenvalue weighted by molar-refractivity contribution is 5.87. The van der Waals surface area contributed by atoms with Crippen LogP contribution in [0.3, 0.4) is 0 Å². The van der Waals surface area contributed by atoms with Gasteiger partial charge >= 0.3 is 5.69 Å². The average molecular weight is 489 g/mol. The van der Waals surface area contributed by atoms with Gasteiger partial charge in [0.25, 0.3) is 5.82 Å². The molecule has 1 aliphatic heterocycles. The number of aryl methyl sites for hydroxylation is 1. The van der Waals surface area contributed by atoms with E-state index in [1.807, 2.05) is 6.07 Å². The molecule has 5 rings (SSSR count). The van der Waals surface area contributed by atoms with Gasteiger partial charge in [0.1, 0.15) is 5.82 Å². The SMILES string of the molecule is [C-]#[N+]c1ccc2c(n1)c(N1C[C@@H](CC)N(C(C)c3ccc(C4CC4)cc3F)C[C@@H]1CC)nc(=O)n2C. The van der Waals surface area contributed by atoms with Crippen molar-refractivity contribution in [2.75, 3.05) is 18.0 Å². The van der Waals surface area contributed by atoms with Crippen LogP contribution in [0.4, 0.5) is 16.0 Å². The molecule has 2 fully saturated rings. The summed E-state index contributed by atoms with van der Waals surface area (Å²) in [5.74, 6) is 1.23. The molecular formula is C28H33FN6O. The summed E-state index contributed by atoms with van der Waals surface area (Å²) in [6.45, 7) is 15.1. The fourth-order valence-corrected chi connectivity index (χ4v) is 5.61. The zero-order chi connectivity index (χ0) is 25.6. The van der Waals surface area contributed by atoms with Crippen molar-refractivity contribution < 1.29 is 4.39 Å². The van der Waals surface area contributed by atoms with Gasteiger partial charge in [0.05, 0.1) is 5.52 Å². The van der Waals surface area contributed by atoms with Crippen molar-refractivity contribution in [2.45, 2.75) is 70.5 Å². The summed E-state index contributed by atoms with van der Waals surface area (Å²) in [6.07, 6.45) is 4.03. The van der Waals surface area contributed by atoms with E-state index in [2.05, 4.69) is 51.5 Å². The van der Waals surface area contributed by atoms with Gasteiger partial charge in [-0.2, -0.15) is 4.98 Å². The fourth-order valence-electron chi connectivity index (χ4n) is 5.61. The third kappa shape index (κ3) is 4.26. The topological polar surface area (TPSA) is 58.6 Å². The van der Waals surface area contributed by atoms with Gasteiger partial charge in [0.15, 0.2) is 5.82 Å². The lowest BCUT2D eigenvalue weighted by Gasteiger charge is -2.49. The molecule has 8 heteroatoms. The fraction of sp³-hybridized carbons (Fsp3) is 0.500. The van der Waals surface area contributed by atoms with E-state index in [9.17, 15) is 4.79 Å². The van der Waals surface area contributed by atoms with Crippen LogP contribution in [0, 0.1) is 12.4 Å². The van der Waals surface area contributed by atoms with E-state index < -0.39 is 0 Å². The highest BCUT2D eigenvalue weighted by Crippen LogP contribution is 2.41. The zero-order valence-corrected chi connectivity index (χ0v) is 21.4. The second kappa shape index (κ2) is 9.62. The van der Waals surface area contributed by atoms with Crippen molar-refractivity contribution in [3.8, 4) is 0 Å². The number of halogens is 1. The third-order valence-corrected chi connectivity index (χ3v) is 8.01. The van der Waals surface area contributed by atoms with E-state index >= 15 is 4.39 Å². The lowest BCUT2D eigenvalue weighted by Crippen LogP contribution is -2.59. The number of nitrogens with zero attached hydrogens (tertiary/aromatic N) is 6. The summed E-state index contributed by atoms with van der Waals surface area (Å²) in [4.78, 5) is 29.8. The first-order valence-electron chi connectivity index (χ1n) is 12.9. The van der Waals surface area contributed by atoms with E-state index in [0.29, 0.717) is 29.3 Å². The van der Waals surface area contributed by atoms with Crippen LogP contribution in [-0.4, -0.2) is 44.6 Å². The number of rotatable bonds is 6. The minimum Gasteiger partial charge on any atom is -0.361 e. The van der Waals surface area contributed by atoms with Crippen LogP contribution < -0.4 is 10.6 Å². The predicted molar refractivity (Wildman–Crippen MR) is 140 cm³/mol. The number of fused-ring (bicyclic) bond motifs is 1. The molecule has 3 atom stereocenters. The van der Waals surface area contributed by atoms with Crippen molar-refractivity contribution in [3.63, 3.8) is 0 Å². The van der Waals surface area contributed by atoms with Crippen LogP contribution in [0.25, 0.3) is 15.9 Å². The van der Waals surface area contributed by atoms with Gasteiger partial charge in [0, 0.05) is 43.8 Å². The van der Waals surface area contributed by atoms with Crippen molar-refractivity contribution in [1.29, 1.82) is 0 Å². The van der Waals surface area contributed by atoms with Gasteiger partial charge in [-0.3, -0.25) is 9.47 Å². The second-order valence-electron chi connectivity index (χ2n) is 10.1. The summed E-state index contributed by atoms with van der Waals surface area (Å²) >= 11 is 0. The largest absolute Gasteiger partial charge is 0.361 e. The molecule has 7 nitrogen and oxygen atoms in total. The Hall–Kier alpha value is -3.31. The van der Waals surface area contributed by atoms with Crippen molar-refractivity contribution in [2.24, 2.45) is 7.05 Å². The van der Waals surface area contributed by atoms with Crippen molar-refractivity contribution in [3.05, 3.63) is 69.2 Å². The molecule has 0 amide bonds. The number of hydrogen-bond donors (Lipinski definition) is 0. The number of piperazine rings is 1. The minimum atomic E-state index is -0.341. The van der Waals surface area contributed by atoms with E-state index in [4.69, 9.17) is 6.57 Å². The summed E-state index contributed by atoms with van der Waals surface area (Å²) < 4.78 is 16.7. The summed E-state index contributed by atoms with van der Waals surface area (Å²) in [5, 5.41) is 0. The van der Waals surface area contributed by atoms with Gasteiger partial charge in [-0.25, -0.2) is 9.18 Å². The molecule has 188 valence electrons. The predicted octanol–water partition coefficient (Wildman–Crippen LogP) is 5.34. The average Bonchev–Trinajstić information content (AvgIpc) is 3.75. The molecule has 1 saturated heterocycles. The number of anilines is 1. The minimum absolute atomic E-state index is 0.0698. The molecule has 1 saturated carbocycles. The Balaban J connectivity index is 1.50. The van der Waals surface area contributed by atoms with Crippen LogP contribution >= 0.6 is 0 Å².